The number of hydrogen-bond acceptors (Lipinski definition) is 3. The van der Waals surface area contributed by atoms with Gasteiger partial charge in [0.15, 0.2) is 5.78 Å². The van der Waals surface area contributed by atoms with E-state index in [0.717, 1.165) is 5.56 Å². The molecule has 3 heteroatoms. The normalized spacial score (nSPS) is 10.0. The molecule has 0 spiro atoms. The molecule has 0 aromatic heterocycles. The van der Waals surface area contributed by atoms with E-state index in [0.29, 0.717) is 0 Å². The second kappa shape index (κ2) is 4.24. The topological polar surface area (TPSA) is 61.1 Å². The minimum atomic E-state index is -0.199. The maximum absolute atomic E-state index is 11.0. The summed E-state index contributed by atoms with van der Waals surface area (Å²) in [5.41, 5.74) is 0.986. The standard InChI is InChI=1S/C11H9NO2/c1-8(13)10-7-9(3-2-6-12)4-5-11(10)14/h2-5,7,14H,1H3. The number of phenols is 1. The zero-order chi connectivity index (χ0) is 10.6. The van der Waals surface area contributed by atoms with Crippen LogP contribution in [0, 0.1) is 11.3 Å². The number of hydrogen-bond donors (Lipinski definition) is 1. The van der Waals surface area contributed by atoms with Gasteiger partial charge in [0.1, 0.15) is 5.75 Å². The number of carbonyl (C=O) groups excluding carboxylic acids is 1. The lowest BCUT2D eigenvalue weighted by molar-refractivity contribution is 0.101. The van der Waals surface area contributed by atoms with Crippen molar-refractivity contribution in [3.63, 3.8) is 0 Å². The second-order valence-corrected chi connectivity index (χ2v) is 2.80. The number of phenolic OH excluding ortho intramolecular Hbond substituents is 1. The molecule has 1 aromatic carbocycles. The molecule has 0 amide bonds. The van der Waals surface area contributed by atoms with Crippen molar-refractivity contribution in [3.8, 4) is 11.8 Å². The number of aromatic hydroxyl groups is 1. The lowest BCUT2D eigenvalue weighted by atomic mass is 10.1. The fourth-order valence-corrected chi connectivity index (χ4v) is 1.07. The van der Waals surface area contributed by atoms with Crippen molar-refractivity contribution in [2.75, 3.05) is 0 Å². The van der Waals surface area contributed by atoms with Crippen LogP contribution in [0.3, 0.4) is 0 Å². The molecular weight excluding hydrogens is 178 g/mol. The summed E-state index contributed by atoms with van der Waals surface area (Å²) in [6.45, 7) is 1.38. The smallest absolute Gasteiger partial charge is 0.163 e. The summed E-state index contributed by atoms with van der Waals surface area (Å²) in [4.78, 5) is 11.0. The third kappa shape index (κ3) is 2.20. The van der Waals surface area contributed by atoms with Gasteiger partial charge < -0.3 is 5.11 Å². The van der Waals surface area contributed by atoms with Crippen molar-refractivity contribution in [2.24, 2.45) is 0 Å². The van der Waals surface area contributed by atoms with E-state index in [1.807, 2.05) is 6.07 Å². The zero-order valence-corrected chi connectivity index (χ0v) is 7.69. The molecule has 0 bridgehead atoms. The van der Waals surface area contributed by atoms with Gasteiger partial charge >= 0.3 is 0 Å². The number of allylic oxidation sites excluding steroid dienone is 1. The van der Waals surface area contributed by atoms with Crippen molar-refractivity contribution >= 4 is 11.9 Å². The van der Waals surface area contributed by atoms with Crippen LogP contribution in [0.2, 0.25) is 0 Å². The van der Waals surface area contributed by atoms with Gasteiger partial charge in [0.05, 0.1) is 11.6 Å². The zero-order valence-electron chi connectivity index (χ0n) is 7.69. The average Bonchev–Trinajstić information content (AvgIpc) is 2.16. The fraction of sp³-hybridized carbons (Fsp3) is 0.0909. The summed E-state index contributed by atoms with van der Waals surface area (Å²) < 4.78 is 0. The summed E-state index contributed by atoms with van der Waals surface area (Å²) >= 11 is 0. The monoisotopic (exact) mass is 187 g/mol. The van der Waals surface area contributed by atoms with Gasteiger partial charge in [0.2, 0.25) is 0 Å². The molecule has 0 aliphatic carbocycles. The predicted molar refractivity (Wildman–Crippen MR) is 52.8 cm³/mol. The Labute approximate surface area is 81.9 Å². The van der Waals surface area contributed by atoms with Gasteiger partial charge in [-0.3, -0.25) is 4.79 Å². The molecule has 0 atom stereocenters. The molecule has 0 unspecified atom stereocenters. The molecule has 1 N–H and O–H groups in total. The van der Waals surface area contributed by atoms with E-state index in [1.165, 1.54) is 19.1 Å². The first-order valence-electron chi connectivity index (χ1n) is 4.05. The van der Waals surface area contributed by atoms with E-state index in [9.17, 15) is 9.90 Å². The summed E-state index contributed by atoms with van der Waals surface area (Å²) in [7, 11) is 0. The van der Waals surface area contributed by atoms with Gasteiger partial charge in [-0.05, 0) is 30.7 Å². The highest BCUT2D eigenvalue weighted by Crippen LogP contribution is 2.19. The Morgan fingerprint density at radius 1 is 1.57 bits per heavy atom. The molecule has 0 aliphatic heterocycles. The van der Waals surface area contributed by atoms with E-state index in [1.54, 1.807) is 18.2 Å². The largest absolute Gasteiger partial charge is 0.507 e. The molecule has 0 fully saturated rings. The van der Waals surface area contributed by atoms with Gasteiger partial charge in [0, 0.05) is 6.08 Å². The molecule has 0 aliphatic rings. The molecule has 0 radical (unpaired) electrons. The third-order valence-electron chi connectivity index (χ3n) is 1.75. The Hall–Kier alpha value is -2.08. The Bertz CT molecular complexity index is 427. The summed E-state index contributed by atoms with van der Waals surface area (Å²) in [6.07, 6.45) is 2.89. The number of Topliss-reactive ketones (excluding diaryl/α,β-unsaturated/α-hetero) is 1. The van der Waals surface area contributed by atoms with Crippen molar-refractivity contribution in [1.29, 1.82) is 5.26 Å². The van der Waals surface area contributed by atoms with Gasteiger partial charge in [-0.2, -0.15) is 5.26 Å². The molecule has 1 rings (SSSR count). The summed E-state index contributed by atoms with van der Waals surface area (Å²) in [6, 6.07) is 6.47. The summed E-state index contributed by atoms with van der Waals surface area (Å²) in [5, 5.41) is 17.6. The van der Waals surface area contributed by atoms with Crippen LogP contribution in [-0.4, -0.2) is 10.9 Å². The molecular formula is C11H9NO2. The van der Waals surface area contributed by atoms with Crippen LogP contribution in [0.15, 0.2) is 24.3 Å². The number of ketones is 1. The van der Waals surface area contributed by atoms with Gasteiger partial charge in [-0.1, -0.05) is 6.07 Å². The van der Waals surface area contributed by atoms with E-state index in [2.05, 4.69) is 0 Å². The SMILES string of the molecule is CC(=O)c1cc(C=CC#N)ccc1O. The Morgan fingerprint density at radius 3 is 2.86 bits per heavy atom. The van der Waals surface area contributed by atoms with E-state index < -0.39 is 0 Å². The molecule has 0 saturated carbocycles. The van der Waals surface area contributed by atoms with Crippen LogP contribution < -0.4 is 0 Å². The molecule has 14 heavy (non-hydrogen) atoms. The number of carbonyl (C=O) groups is 1. The first-order chi connectivity index (χ1) is 6.65. The minimum Gasteiger partial charge on any atom is -0.507 e. The minimum absolute atomic E-state index is 0.0355. The van der Waals surface area contributed by atoms with Crippen molar-refractivity contribution in [3.05, 3.63) is 35.4 Å². The highest BCUT2D eigenvalue weighted by Gasteiger charge is 2.05. The lowest BCUT2D eigenvalue weighted by Crippen LogP contribution is -1.92. The van der Waals surface area contributed by atoms with Gasteiger partial charge in [-0.15, -0.1) is 0 Å². The maximum atomic E-state index is 11.0. The highest BCUT2D eigenvalue weighted by atomic mass is 16.3. The number of nitriles is 1. The van der Waals surface area contributed by atoms with E-state index in [4.69, 9.17) is 5.26 Å². The number of nitrogens with zero attached hydrogens (tertiary/aromatic N) is 1. The molecule has 0 heterocycles. The van der Waals surface area contributed by atoms with Gasteiger partial charge in [0.25, 0.3) is 0 Å². The van der Waals surface area contributed by atoms with Crippen molar-refractivity contribution in [1.82, 2.24) is 0 Å². The first-order valence-corrected chi connectivity index (χ1v) is 4.05. The second-order valence-electron chi connectivity index (χ2n) is 2.80. The van der Waals surface area contributed by atoms with Crippen LogP contribution in [0.1, 0.15) is 22.8 Å². The Morgan fingerprint density at radius 2 is 2.29 bits per heavy atom. The Kier molecular flexibility index (Phi) is 3.03. The first kappa shape index (κ1) is 10.0. The van der Waals surface area contributed by atoms with E-state index in [-0.39, 0.29) is 17.1 Å². The Balaban J connectivity index is 3.14. The van der Waals surface area contributed by atoms with Gasteiger partial charge in [-0.25, -0.2) is 0 Å². The van der Waals surface area contributed by atoms with Crippen LogP contribution >= 0.6 is 0 Å². The third-order valence-corrected chi connectivity index (χ3v) is 1.75. The van der Waals surface area contributed by atoms with Crippen LogP contribution in [0.5, 0.6) is 5.75 Å². The van der Waals surface area contributed by atoms with E-state index >= 15 is 0 Å². The fourth-order valence-electron chi connectivity index (χ4n) is 1.07. The van der Waals surface area contributed by atoms with Crippen LogP contribution in [0.4, 0.5) is 0 Å². The average molecular weight is 187 g/mol. The van der Waals surface area contributed by atoms with Crippen LogP contribution in [0.25, 0.3) is 6.08 Å². The number of rotatable bonds is 2. The van der Waals surface area contributed by atoms with Crippen LogP contribution in [-0.2, 0) is 0 Å². The van der Waals surface area contributed by atoms with Crippen molar-refractivity contribution in [2.45, 2.75) is 6.92 Å². The lowest BCUT2D eigenvalue weighted by Gasteiger charge is -2.01. The molecule has 3 nitrogen and oxygen atoms in total. The molecule has 0 saturated heterocycles. The maximum Gasteiger partial charge on any atom is 0.163 e. The number of benzene rings is 1. The summed E-state index contributed by atoms with van der Waals surface area (Å²) in [5.74, 6) is -0.235. The molecule has 70 valence electrons. The molecule has 1 aromatic rings. The highest BCUT2D eigenvalue weighted by molar-refractivity contribution is 5.97. The quantitative estimate of drug-likeness (QED) is 0.569. The van der Waals surface area contributed by atoms with Crippen molar-refractivity contribution < 1.29 is 9.90 Å². The predicted octanol–water partition coefficient (Wildman–Crippen LogP) is 2.13.